The smallest absolute Gasteiger partial charge is 0.0244 e. The zero-order valence-electron chi connectivity index (χ0n) is 13.2. The first-order chi connectivity index (χ1) is 9.71. The Labute approximate surface area is 133 Å². The number of rotatable bonds is 10. The van der Waals surface area contributed by atoms with Gasteiger partial charge >= 0.3 is 0 Å². The summed E-state index contributed by atoms with van der Waals surface area (Å²) in [6, 6.07) is 6.77. The summed E-state index contributed by atoms with van der Waals surface area (Å²) in [7, 11) is 0. The van der Waals surface area contributed by atoms with E-state index in [0.29, 0.717) is 0 Å². The third-order valence-electron chi connectivity index (χ3n) is 3.54. The number of hydrogen-bond acceptors (Lipinski definition) is 2. The van der Waals surface area contributed by atoms with Gasteiger partial charge in [0.15, 0.2) is 0 Å². The van der Waals surface area contributed by atoms with E-state index >= 15 is 0 Å². The average molecular weight is 341 g/mol. The molecule has 0 bridgehead atoms. The molecule has 0 fully saturated rings. The first-order valence-corrected chi connectivity index (χ1v) is 8.70. The highest BCUT2D eigenvalue weighted by Gasteiger charge is 2.07. The van der Waals surface area contributed by atoms with Gasteiger partial charge in [0.25, 0.3) is 0 Å². The first-order valence-electron chi connectivity index (χ1n) is 7.91. The second-order valence-corrected chi connectivity index (χ2v) is 6.18. The van der Waals surface area contributed by atoms with Crippen molar-refractivity contribution in [2.75, 3.05) is 19.6 Å². The van der Waals surface area contributed by atoms with E-state index in [1.807, 2.05) is 0 Å². The molecule has 0 atom stereocenters. The zero-order valence-corrected chi connectivity index (χ0v) is 14.8. The molecule has 0 saturated carbocycles. The maximum absolute atomic E-state index is 3.73. The fourth-order valence-electron chi connectivity index (χ4n) is 2.21. The van der Waals surface area contributed by atoms with Crippen molar-refractivity contribution >= 4 is 15.9 Å². The maximum Gasteiger partial charge on any atom is 0.0244 e. The van der Waals surface area contributed by atoms with Gasteiger partial charge in [0.2, 0.25) is 0 Å². The third kappa shape index (κ3) is 6.38. The van der Waals surface area contributed by atoms with Gasteiger partial charge in [0, 0.05) is 17.6 Å². The number of hydrogen-bond donors (Lipinski definition) is 1. The number of nitrogens with zero attached hydrogens (tertiary/aromatic N) is 1. The molecule has 0 aliphatic rings. The molecule has 0 unspecified atom stereocenters. The predicted molar refractivity (Wildman–Crippen MR) is 92.0 cm³/mol. The Balaban J connectivity index is 2.57. The largest absolute Gasteiger partial charge is 0.313 e. The average Bonchev–Trinajstić information content (AvgIpc) is 2.46. The van der Waals surface area contributed by atoms with E-state index < -0.39 is 0 Å². The minimum absolute atomic E-state index is 0.958. The van der Waals surface area contributed by atoms with Gasteiger partial charge in [-0.05, 0) is 49.7 Å². The van der Waals surface area contributed by atoms with Gasteiger partial charge in [-0.1, -0.05) is 55.3 Å². The van der Waals surface area contributed by atoms with Crippen molar-refractivity contribution in [2.24, 2.45) is 0 Å². The van der Waals surface area contributed by atoms with Crippen molar-refractivity contribution in [1.82, 2.24) is 10.2 Å². The van der Waals surface area contributed by atoms with Crippen LogP contribution < -0.4 is 5.32 Å². The van der Waals surface area contributed by atoms with Crippen LogP contribution in [0.15, 0.2) is 22.7 Å². The van der Waals surface area contributed by atoms with E-state index in [-0.39, 0.29) is 0 Å². The van der Waals surface area contributed by atoms with Crippen LogP contribution in [0.25, 0.3) is 0 Å². The molecule has 1 N–H and O–H groups in total. The molecule has 0 saturated heterocycles. The lowest BCUT2D eigenvalue weighted by molar-refractivity contribution is 0.275. The third-order valence-corrected chi connectivity index (χ3v) is 4.28. The van der Waals surface area contributed by atoms with Crippen molar-refractivity contribution in [3.8, 4) is 0 Å². The van der Waals surface area contributed by atoms with Gasteiger partial charge in [-0.2, -0.15) is 0 Å². The molecule has 114 valence electrons. The fraction of sp³-hybridized carbons (Fsp3) is 0.647. The van der Waals surface area contributed by atoms with E-state index in [4.69, 9.17) is 0 Å². The quantitative estimate of drug-likeness (QED) is 0.627. The first kappa shape index (κ1) is 17.7. The normalized spacial score (nSPS) is 11.2. The lowest BCUT2D eigenvalue weighted by Gasteiger charge is -2.21. The summed E-state index contributed by atoms with van der Waals surface area (Å²) in [6.45, 7) is 12.1. The molecule has 0 aromatic heterocycles. The molecule has 0 radical (unpaired) electrons. The lowest BCUT2D eigenvalue weighted by atomic mass is 10.1. The minimum Gasteiger partial charge on any atom is -0.313 e. The van der Waals surface area contributed by atoms with E-state index in [1.165, 1.54) is 41.4 Å². The van der Waals surface area contributed by atoms with Gasteiger partial charge < -0.3 is 5.32 Å². The number of benzene rings is 1. The number of halogens is 1. The molecule has 0 heterocycles. The Bertz CT molecular complexity index is 379. The van der Waals surface area contributed by atoms with Gasteiger partial charge in [-0.25, -0.2) is 0 Å². The summed E-state index contributed by atoms with van der Waals surface area (Å²) in [5.41, 5.74) is 2.74. The molecule has 20 heavy (non-hydrogen) atoms. The van der Waals surface area contributed by atoms with Gasteiger partial charge in [-0.15, -0.1) is 0 Å². The van der Waals surface area contributed by atoms with Crippen molar-refractivity contribution in [2.45, 2.75) is 53.1 Å². The number of unbranched alkanes of at least 4 members (excludes halogenated alkanes) is 1. The van der Waals surface area contributed by atoms with Gasteiger partial charge in [0.1, 0.15) is 0 Å². The molecule has 0 spiro atoms. The molecule has 0 aliphatic carbocycles. The molecule has 3 heteroatoms. The maximum atomic E-state index is 3.73. The fourth-order valence-corrected chi connectivity index (χ4v) is 2.76. The molecule has 1 aromatic rings. The zero-order chi connectivity index (χ0) is 14.8. The van der Waals surface area contributed by atoms with Crippen LogP contribution in [0.3, 0.4) is 0 Å². The van der Waals surface area contributed by atoms with Gasteiger partial charge in [-0.3, -0.25) is 4.90 Å². The Morgan fingerprint density at radius 3 is 2.55 bits per heavy atom. The van der Waals surface area contributed by atoms with E-state index in [9.17, 15) is 0 Å². The molecular formula is C17H29BrN2. The SMILES string of the molecule is CCCCN(CC)Cc1ccc(CNCCC)cc1Br. The van der Waals surface area contributed by atoms with Crippen LogP contribution in [0.4, 0.5) is 0 Å². The van der Waals surface area contributed by atoms with Crippen molar-refractivity contribution < 1.29 is 0 Å². The summed E-state index contributed by atoms with van der Waals surface area (Å²) in [6.07, 6.45) is 3.73. The highest BCUT2D eigenvalue weighted by atomic mass is 79.9. The minimum atomic E-state index is 0.958. The van der Waals surface area contributed by atoms with Crippen LogP contribution in [-0.2, 0) is 13.1 Å². The molecule has 0 amide bonds. The Morgan fingerprint density at radius 1 is 1.15 bits per heavy atom. The summed E-state index contributed by atoms with van der Waals surface area (Å²) < 4.78 is 1.24. The second-order valence-electron chi connectivity index (χ2n) is 5.32. The van der Waals surface area contributed by atoms with Crippen molar-refractivity contribution in [1.29, 1.82) is 0 Å². The topological polar surface area (TPSA) is 15.3 Å². The lowest BCUT2D eigenvalue weighted by Crippen LogP contribution is -2.24. The van der Waals surface area contributed by atoms with Crippen LogP contribution in [0.1, 0.15) is 51.2 Å². The second kappa shape index (κ2) is 10.4. The van der Waals surface area contributed by atoms with Crippen LogP contribution in [0.2, 0.25) is 0 Å². The van der Waals surface area contributed by atoms with E-state index in [0.717, 1.165) is 26.2 Å². The Hall–Kier alpha value is -0.380. The van der Waals surface area contributed by atoms with E-state index in [1.54, 1.807) is 0 Å². The summed E-state index contributed by atoms with van der Waals surface area (Å²) in [5.74, 6) is 0. The monoisotopic (exact) mass is 340 g/mol. The number of nitrogens with one attached hydrogen (secondary N) is 1. The molecular weight excluding hydrogens is 312 g/mol. The van der Waals surface area contributed by atoms with E-state index in [2.05, 4.69) is 65.1 Å². The van der Waals surface area contributed by atoms with Crippen LogP contribution in [0.5, 0.6) is 0 Å². The Morgan fingerprint density at radius 2 is 1.95 bits per heavy atom. The standard InChI is InChI=1S/C17H29BrN2/c1-4-7-11-20(6-3)14-16-9-8-15(12-17(16)18)13-19-10-5-2/h8-9,12,19H,4-7,10-11,13-14H2,1-3H3. The highest BCUT2D eigenvalue weighted by Crippen LogP contribution is 2.20. The van der Waals surface area contributed by atoms with Crippen LogP contribution in [-0.4, -0.2) is 24.5 Å². The molecule has 0 aliphatic heterocycles. The predicted octanol–water partition coefficient (Wildman–Crippen LogP) is 4.57. The summed E-state index contributed by atoms with van der Waals surface area (Å²) in [5, 5.41) is 3.45. The highest BCUT2D eigenvalue weighted by molar-refractivity contribution is 9.10. The molecule has 2 nitrogen and oxygen atoms in total. The van der Waals surface area contributed by atoms with Crippen molar-refractivity contribution in [3.63, 3.8) is 0 Å². The van der Waals surface area contributed by atoms with Crippen molar-refractivity contribution in [3.05, 3.63) is 33.8 Å². The van der Waals surface area contributed by atoms with Gasteiger partial charge in [0.05, 0.1) is 0 Å². The van der Waals surface area contributed by atoms with Crippen LogP contribution >= 0.6 is 15.9 Å². The Kier molecular flexibility index (Phi) is 9.16. The van der Waals surface area contributed by atoms with Crippen LogP contribution in [0, 0.1) is 0 Å². The molecule has 1 aromatic carbocycles. The summed E-state index contributed by atoms with van der Waals surface area (Å²) >= 11 is 3.73. The summed E-state index contributed by atoms with van der Waals surface area (Å²) in [4.78, 5) is 2.51. The molecule has 1 rings (SSSR count).